The van der Waals surface area contributed by atoms with Crippen molar-refractivity contribution in [3.05, 3.63) is 16.8 Å². The van der Waals surface area contributed by atoms with Crippen molar-refractivity contribution in [2.75, 3.05) is 38.6 Å². The number of likely N-dealkylation sites (N-methyl/N-ethyl adjacent to an activating group) is 1. The van der Waals surface area contributed by atoms with E-state index in [0.29, 0.717) is 6.10 Å². The molecule has 14 heavy (non-hydrogen) atoms. The van der Waals surface area contributed by atoms with Gasteiger partial charge in [-0.3, -0.25) is 0 Å². The summed E-state index contributed by atoms with van der Waals surface area (Å²) in [6, 6.07) is 2.09. The van der Waals surface area contributed by atoms with Crippen molar-refractivity contribution in [3.63, 3.8) is 0 Å². The van der Waals surface area contributed by atoms with Crippen molar-refractivity contribution in [1.82, 2.24) is 4.90 Å². The van der Waals surface area contributed by atoms with Crippen LogP contribution in [0.3, 0.4) is 0 Å². The van der Waals surface area contributed by atoms with Gasteiger partial charge in [0, 0.05) is 30.7 Å². The first-order valence-electron chi connectivity index (χ1n) is 4.91. The first-order valence-corrected chi connectivity index (χ1v) is 5.85. The van der Waals surface area contributed by atoms with Crippen molar-refractivity contribution in [2.24, 2.45) is 0 Å². The zero-order valence-corrected chi connectivity index (χ0v) is 9.22. The molecule has 1 fully saturated rings. The number of nitrogens with zero attached hydrogens (tertiary/aromatic N) is 1. The molecule has 1 aliphatic rings. The number of hydrogen-bond donors (Lipinski definition) is 1. The van der Waals surface area contributed by atoms with Crippen LogP contribution in [0.4, 0.5) is 5.69 Å². The van der Waals surface area contributed by atoms with Crippen LogP contribution < -0.4 is 5.32 Å². The molecule has 1 saturated heterocycles. The zero-order chi connectivity index (χ0) is 9.80. The molecule has 2 rings (SSSR count). The van der Waals surface area contributed by atoms with Gasteiger partial charge in [-0.05, 0) is 18.5 Å². The van der Waals surface area contributed by atoms with Crippen molar-refractivity contribution in [2.45, 2.75) is 6.10 Å². The molecule has 78 valence electrons. The number of rotatable bonds is 3. The highest BCUT2D eigenvalue weighted by molar-refractivity contribution is 7.08. The Morgan fingerprint density at radius 1 is 1.71 bits per heavy atom. The number of anilines is 1. The number of hydrogen-bond acceptors (Lipinski definition) is 4. The van der Waals surface area contributed by atoms with Gasteiger partial charge in [0.15, 0.2) is 0 Å². The Labute approximate surface area is 88.7 Å². The van der Waals surface area contributed by atoms with Crippen LogP contribution >= 0.6 is 11.3 Å². The summed E-state index contributed by atoms with van der Waals surface area (Å²) < 4.78 is 5.65. The summed E-state index contributed by atoms with van der Waals surface area (Å²) in [6.45, 7) is 3.83. The number of nitrogens with one attached hydrogen (secondary N) is 1. The van der Waals surface area contributed by atoms with Crippen LogP contribution in [0.15, 0.2) is 16.8 Å². The average molecular weight is 212 g/mol. The molecular formula is C10H16N2OS. The summed E-state index contributed by atoms with van der Waals surface area (Å²) in [4.78, 5) is 2.31. The molecule has 1 aliphatic heterocycles. The monoisotopic (exact) mass is 212 g/mol. The summed E-state index contributed by atoms with van der Waals surface area (Å²) in [7, 11) is 2.14. The third-order valence-electron chi connectivity index (χ3n) is 2.40. The van der Waals surface area contributed by atoms with E-state index in [-0.39, 0.29) is 0 Å². The number of ether oxygens (including phenoxy) is 1. The molecule has 0 saturated carbocycles. The summed E-state index contributed by atoms with van der Waals surface area (Å²) in [5, 5.41) is 7.57. The first kappa shape index (κ1) is 9.96. The summed E-state index contributed by atoms with van der Waals surface area (Å²) in [6.07, 6.45) is 0.327. The second-order valence-corrected chi connectivity index (χ2v) is 4.43. The van der Waals surface area contributed by atoms with Gasteiger partial charge >= 0.3 is 0 Å². The van der Waals surface area contributed by atoms with Gasteiger partial charge in [0.05, 0.1) is 12.7 Å². The maximum atomic E-state index is 5.65. The maximum absolute atomic E-state index is 5.65. The Bertz CT molecular complexity index is 263. The van der Waals surface area contributed by atoms with E-state index in [4.69, 9.17) is 4.74 Å². The first-order chi connectivity index (χ1) is 6.84. The third-order valence-corrected chi connectivity index (χ3v) is 3.08. The Hall–Kier alpha value is -0.580. The predicted octanol–water partition coefficient (Wildman–Crippen LogP) is 1.49. The molecule has 0 amide bonds. The molecule has 2 heterocycles. The molecule has 1 aromatic heterocycles. The van der Waals surface area contributed by atoms with Gasteiger partial charge in [-0.25, -0.2) is 0 Å². The minimum Gasteiger partial charge on any atom is -0.382 e. The highest BCUT2D eigenvalue weighted by atomic mass is 32.1. The van der Waals surface area contributed by atoms with Gasteiger partial charge in [-0.2, -0.15) is 11.3 Å². The van der Waals surface area contributed by atoms with Gasteiger partial charge in [-0.1, -0.05) is 0 Å². The Balaban J connectivity index is 1.75. The maximum Gasteiger partial charge on any atom is 0.0874 e. The fourth-order valence-electron chi connectivity index (χ4n) is 1.59. The molecule has 1 N–H and O–H groups in total. The second kappa shape index (κ2) is 4.77. The Morgan fingerprint density at radius 2 is 2.64 bits per heavy atom. The van der Waals surface area contributed by atoms with Gasteiger partial charge in [0.25, 0.3) is 0 Å². The van der Waals surface area contributed by atoms with Crippen LogP contribution in [0.5, 0.6) is 0 Å². The average Bonchev–Trinajstić information content (AvgIpc) is 2.67. The van der Waals surface area contributed by atoms with Crippen LogP contribution in [-0.4, -0.2) is 44.3 Å². The molecule has 0 aromatic carbocycles. The molecule has 0 radical (unpaired) electrons. The molecular weight excluding hydrogens is 196 g/mol. The van der Waals surface area contributed by atoms with Gasteiger partial charge in [0.1, 0.15) is 0 Å². The van der Waals surface area contributed by atoms with Crippen molar-refractivity contribution in [1.29, 1.82) is 0 Å². The Kier molecular flexibility index (Phi) is 3.39. The molecule has 1 atom stereocenters. The summed E-state index contributed by atoms with van der Waals surface area (Å²) in [5.41, 5.74) is 1.20. The molecule has 1 aromatic rings. The Morgan fingerprint density at radius 3 is 3.36 bits per heavy atom. The van der Waals surface area contributed by atoms with Crippen molar-refractivity contribution < 1.29 is 4.74 Å². The predicted molar refractivity (Wildman–Crippen MR) is 60.0 cm³/mol. The largest absolute Gasteiger partial charge is 0.382 e. The number of morpholine rings is 1. The second-order valence-electron chi connectivity index (χ2n) is 3.65. The lowest BCUT2D eigenvalue weighted by Gasteiger charge is -2.30. The summed E-state index contributed by atoms with van der Waals surface area (Å²) >= 11 is 1.71. The van der Waals surface area contributed by atoms with E-state index in [9.17, 15) is 0 Å². The van der Waals surface area contributed by atoms with E-state index in [1.165, 1.54) is 5.69 Å². The fraction of sp³-hybridized carbons (Fsp3) is 0.600. The lowest BCUT2D eigenvalue weighted by atomic mass is 10.3. The molecule has 1 unspecified atom stereocenters. The molecule has 0 aliphatic carbocycles. The van der Waals surface area contributed by atoms with E-state index in [0.717, 1.165) is 26.2 Å². The van der Waals surface area contributed by atoms with E-state index < -0.39 is 0 Å². The lowest BCUT2D eigenvalue weighted by Crippen LogP contribution is -2.43. The molecule has 4 heteroatoms. The fourth-order valence-corrected chi connectivity index (χ4v) is 2.20. The molecule has 0 spiro atoms. The highest BCUT2D eigenvalue weighted by Gasteiger charge is 2.16. The van der Waals surface area contributed by atoms with E-state index in [1.54, 1.807) is 11.3 Å². The minimum absolute atomic E-state index is 0.327. The summed E-state index contributed by atoms with van der Waals surface area (Å²) in [5.74, 6) is 0. The SMILES string of the molecule is CN1CCOC(CNc2ccsc2)C1. The number of thiophene rings is 1. The normalized spacial score (nSPS) is 23.6. The third kappa shape index (κ3) is 2.70. The van der Waals surface area contributed by atoms with Crippen LogP contribution in [-0.2, 0) is 4.74 Å². The van der Waals surface area contributed by atoms with Crippen molar-refractivity contribution >= 4 is 17.0 Å². The highest BCUT2D eigenvalue weighted by Crippen LogP contribution is 2.12. The van der Waals surface area contributed by atoms with E-state index in [2.05, 4.69) is 34.1 Å². The smallest absolute Gasteiger partial charge is 0.0874 e. The zero-order valence-electron chi connectivity index (χ0n) is 8.40. The minimum atomic E-state index is 0.327. The van der Waals surface area contributed by atoms with Crippen LogP contribution in [0.2, 0.25) is 0 Å². The van der Waals surface area contributed by atoms with Crippen LogP contribution in [0, 0.1) is 0 Å². The standard InChI is InChI=1S/C10H16N2OS/c1-12-3-4-13-10(7-12)6-11-9-2-5-14-8-9/h2,5,8,10-11H,3-4,6-7H2,1H3. The van der Waals surface area contributed by atoms with Gasteiger partial charge < -0.3 is 15.0 Å². The quantitative estimate of drug-likeness (QED) is 0.821. The lowest BCUT2D eigenvalue weighted by molar-refractivity contribution is -0.0117. The topological polar surface area (TPSA) is 24.5 Å². The van der Waals surface area contributed by atoms with Crippen LogP contribution in [0.1, 0.15) is 0 Å². The van der Waals surface area contributed by atoms with E-state index >= 15 is 0 Å². The van der Waals surface area contributed by atoms with Gasteiger partial charge in [-0.15, -0.1) is 0 Å². The van der Waals surface area contributed by atoms with Gasteiger partial charge in [0.2, 0.25) is 0 Å². The van der Waals surface area contributed by atoms with E-state index in [1.807, 2.05) is 0 Å². The van der Waals surface area contributed by atoms with Crippen LogP contribution in [0.25, 0.3) is 0 Å². The molecule has 3 nitrogen and oxygen atoms in total. The molecule has 0 bridgehead atoms. The van der Waals surface area contributed by atoms with Crippen molar-refractivity contribution in [3.8, 4) is 0 Å².